The minimum Gasteiger partial charge on any atom is -0.490 e. The van der Waals surface area contributed by atoms with E-state index in [0.717, 1.165) is 68.1 Å². The molecule has 42 heavy (non-hydrogen) atoms. The van der Waals surface area contributed by atoms with Crippen LogP contribution in [0.15, 0.2) is 36.4 Å². The van der Waals surface area contributed by atoms with E-state index in [0.29, 0.717) is 24.5 Å². The number of fused-ring (bicyclic) bond motifs is 4. The van der Waals surface area contributed by atoms with Crippen molar-refractivity contribution in [3.05, 3.63) is 58.1 Å². The molecule has 7 nitrogen and oxygen atoms in total. The molecule has 4 aliphatic rings. The Kier molecular flexibility index (Phi) is 8.62. The summed E-state index contributed by atoms with van der Waals surface area (Å²) in [4.78, 5) is 15.8. The first-order valence-corrected chi connectivity index (χ1v) is 17.1. The van der Waals surface area contributed by atoms with Crippen LogP contribution in [0.1, 0.15) is 73.9 Å². The van der Waals surface area contributed by atoms with Crippen LogP contribution in [-0.4, -0.2) is 59.4 Å². The molecule has 9 heteroatoms. The standard InChI is InChI=1S/C33H44ClN3O4S/c1-20-13-26(35-3)16-30(38)27-9-6-24(27)17-37-18-33(12-4-5-22-14-25(34)8-10-28(22)33)19-41-31-11-7-23(15-29(31)37)32(39)36-42(40)21(20)2/h7-8,10-11,14-15,20-21,24,26-27,30,35,38H,4-6,9,12-13,16-19H2,1-3H3,(H,36,39)/t20?,21?,24?,26?,27?,30?,33-,42?/m0/s1. The van der Waals surface area contributed by atoms with Gasteiger partial charge in [0.1, 0.15) is 16.7 Å². The number of ether oxygens (including phenoxy) is 1. The van der Waals surface area contributed by atoms with Crippen molar-refractivity contribution in [3.63, 3.8) is 0 Å². The van der Waals surface area contributed by atoms with Crippen LogP contribution in [0.4, 0.5) is 5.69 Å². The minimum atomic E-state index is -1.54. The molecular formula is C33H44ClN3O4S. The average Bonchev–Trinajstić information content (AvgIpc) is 3.10. The monoisotopic (exact) mass is 613 g/mol. The largest absolute Gasteiger partial charge is 0.490 e. The van der Waals surface area contributed by atoms with Crippen molar-refractivity contribution in [1.29, 1.82) is 0 Å². The molecule has 2 aromatic rings. The van der Waals surface area contributed by atoms with Crippen molar-refractivity contribution in [3.8, 4) is 5.75 Å². The maximum atomic E-state index is 13.4. The number of nitrogens with zero attached hydrogens (tertiary/aromatic N) is 1. The van der Waals surface area contributed by atoms with Crippen molar-refractivity contribution in [2.24, 2.45) is 17.8 Å². The van der Waals surface area contributed by atoms with E-state index in [9.17, 15) is 14.1 Å². The summed E-state index contributed by atoms with van der Waals surface area (Å²) in [5.41, 5.74) is 3.76. The Morgan fingerprint density at radius 2 is 2.00 bits per heavy atom. The Balaban J connectivity index is 1.40. The molecule has 0 saturated heterocycles. The number of benzene rings is 2. The number of hydrogen-bond acceptors (Lipinski definition) is 6. The third-order valence-electron chi connectivity index (χ3n) is 10.6. The van der Waals surface area contributed by atoms with E-state index in [4.69, 9.17) is 16.3 Å². The maximum absolute atomic E-state index is 13.4. The van der Waals surface area contributed by atoms with Gasteiger partial charge >= 0.3 is 0 Å². The molecule has 8 atom stereocenters. The number of aliphatic hydroxyl groups is 1. The quantitative estimate of drug-likeness (QED) is 0.419. The number of halogens is 1. The Hall–Kier alpha value is -2.13. The number of hydrogen-bond donors (Lipinski definition) is 3. The van der Waals surface area contributed by atoms with Crippen molar-refractivity contribution >= 4 is 34.2 Å². The molecule has 7 unspecified atom stereocenters. The second kappa shape index (κ2) is 12.1. The van der Waals surface area contributed by atoms with E-state index in [2.05, 4.69) is 34.0 Å². The van der Waals surface area contributed by atoms with Crippen molar-refractivity contribution < 1.29 is 18.8 Å². The van der Waals surface area contributed by atoms with E-state index in [1.165, 1.54) is 11.1 Å². The highest BCUT2D eigenvalue weighted by Crippen LogP contribution is 2.47. The van der Waals surface area contributed by atoms with Gasteiger partial charge in [-0.25, -0.2) is 4.21 Å². The Morgan fingerprint density at radius 1 is 1.17 bits per heavy atom. The Labute approximate surface area is 257 Å². The van der Waals surface area contributed by atoms with Crippen molar-refractivity contribution in [2.45, 2.75) is 81.6 Å². The second-order valence-electron chi connectivity index (χ2n) is 13.2. The lowest BCUT2D eigenvalue weighted by Gasteiger charge is -2.46. The van der Waals surface area contributed by atoms with E-state index in [1.807, 2.05) is 32.2 Å². The fraction of sp³-hybridized carbons (Fsp3) is 0.606. The molecule has 0 radical (unpaired) electrons. The van der Waals surface area contributed by atoms with E-state index >= 15 is 0 Å². The maximum Gasteiger partial charge on any atom is 0.263 e. The zero-order valence-corrected chi connectivity index (χ0v) is 26.5. The molecule has 1 fully saturated rings. The van der Waals surface area contributed by atoms with Crippen LogP contribution in [0, 0.1) is 17.8 Å². The van der Waals surface area contributed by atoms with Crippen LogP contribution in [0.25, 0.3) is 0 Å². The number of aryl methyl sites for hydroxylation is 1. The predicted octanol–water partition coefficient (Wildman–Crippen LogP) is 5.00. The van der Waals surface area contributed by atoms with Crippen LogP contribution >= 0.6 is 11.6 Å². The smallest absolute Gasteiger partial charge is 0.263 e. The number of aliphatic hydroxyl groups excluding tert-OH is 1. The zero-order valence-electron chi connectivity index (χ0n) is 24.9. The fourth-order valence-electron chi connectivity index (χ4n) is 7.76. The molecule has 1 saturated carbocycles. The third kappa shape index (κ3) is 5.72. The number of carbonyl (C=O) groups is 1. The first kappa shape index (κ1) is 29.9. The van der Waals surface area contributed by atoms with Gasteiger partial charge < -0.3 is 20.1 Å². The molecule has 2 aliphatic heterocycles. The Morgan fingerprint density at radius 3 is 2.76 bits per heavy atom. The summed E-state index contributed by atoms with van der Waals surface area (Å²) in [6.07, 6.45) is 6.21. The first-order valence-electron chi connectivity index (χ1n) is 15.5. The van der Waals surface area contributed by atoms with Crippen molar-refractivity contribution in [2.75, 3.05) is 31.6 Å². The highest BCUT2D eigenvalue weighted by Gasteiger charge is 2.44. The zero-order chi connectivity index (χ0) is 29.6. The number of nitrogens with one attached hydrogen (secondary N) is 2. The van der Waals surface area contributed by atoms with E-state index in [-0.39, 0.29) is 34.4 Å². The molecule has 3 N–H and O–H groups in total. The molecule has 2 aliphatic carbocycles. The van der Waals surface area contributed by atoms with Crippen LogP contribution in [-0.2, 0) is 22.8 Å². The van der Waals surface area contributed by atoms with Gasteiger partial charge in [-0.1, -0.05) is 24.6 Å². The molecule has 228 valence electrons. The summed E-state index contributed by atoms with van der Waals surface area (Å²) in [7, 11) is 0.393. The lowest BCUT2D eigenvalue weighted by Crippen LogP contribution is -2.50. The van der Waals surface area contributed by atoms with E-state index < -0.39 is 17.1 Å². The van der Waals surface area contributed by atoms with Crippen LogP contribution in [0.3, 0.4) is 0 Å². The average molecular weight is 614 g/mol. The normalized spacial score (nSPS) is 35.2. The lowest BCUT2D eigenvalue weighted by atomic mass is 9.68. The van der Waals surface area contributed by atoms with Crippen LogP contribution in [0.2, 0.25) is 5.02 Å². The van der Waals surface area contributed by atoms with Gasteiger partial charge in [-0.2, -0.15) is 0 Å². The number of carbonyl (C=O) groups excluding carboxylic acids is 1. The topological polar surface area (TPSA) is 90.9 Å². The van der Waals surface area contributed by atoms with Gasteiger partial charge in [-0.15, -0.1) is 0 Å². The van der Waals surface area contributed by atoms with Crippen LogP contribution < -0.4 is 19.7 Å². The molecule has 2 aromatic carbocycles. The lowest BCUT2D eigenvalue weighted by molar-refractivity contribution is 0.00355. The summed E-state index contributed by atoms with van der Waals surface area (Å²) in [5.74, 6) is 1.11. The molecular weight excluding hydrogens is 570 g/mol. The van der Waals surface area contributed by atoms with Crippen molar-refractivity contribution in [1.82, 2.24) is 10.0 Å². The summed E-state index contributed by atoms with van der Waals surface area (Å²) < 4.78 is 22.6. The van der Waals surface area contributed by atoms with Gasteiger partial charge in [0.05, 0.1) is 23.6 Å². The molecule has 0 aromatic heterocycles. The predicted molar refractivity (Wildman–Crippen MR) is 169 cm³/mol. The fourth-order valence-corrected chi connectivity index (χ4v) is 8.97. The summed E-state index contributed by atoms with van der Waals surface area (Å²) >= 11 is 6.41. The van der Waals surface area contributed by atoms with Gasteiger partial charge in [-0.05, 0) is 118 Å². The van der Waals surface area contributed by atoms with Gasteiger partial charge in [0, 0.05) is 35.1 Å². The second-order valence-corrected chi connectivity index (χ2v) is 15.2. The third-order valence-corrected chi connectivity index (χ3v) is 12.4. The van der Waals surface area contributed by atoms with Gasteiger partial charge in [0.2, 0.25) is 0 Å². The first-order chi connectivity index (χ1) is 20.2. The number of rotatable bonds is 1. The number of amides is 1. The van der Waals surface area contributed by atoms with Gasteiger partial charge in [0.25, 0.3) is 5.91 Å². The van der Waals surface area contributed by atoms with E-state index in [1.54, 1.807) is 6.07 Å². The summed E-state index contributed by atoms with van der Waals surface area (Å²) in [5, 5.41) is 15.4. The minimum absolute atomic E-state index is 0.0984. The molecule has 2 bridgehead atoms. The number of anilines is 1. The molecule has 1 spiro atoms. The van der Waals surface area contributed by atoms with Gasteiger partial charge in [0.15, 0.2) is 0 Å². The Bertz CT molecular complexity index is 1360. The summed E-state index contributed by atoms with van der Waals surface area (Å²) in [6, 6.07) is 12.0. The molecule has 2 heterocycles. The van der Waals surface area contributed by atoms with Crippen LogP contribution in [0.5, 0.6) is 5.75 Å². The summed E-state index contributed by atoms with van der Waals surface area (Å²) in [6.45, 7) is 6.11. The molecule has 1 amide bonds. The highest BCUT2D eigenvalue weighted by molar-refractivity contribution is 7.84. The SMILES string of the molecule is CNC1CC(C)C(C)S(=O)NC(=O)c2ccc3c(c2)N(CC2CCC2C(O)C1)C[C@@]1(CCCc2cc(Cl)ccc21)CO3. The molecule has 6 rings (SSSR count). The van der Waals surface area contributed by atoms with Gasteiger partial charge in [-0.3, -0.25) is 9.52 Å². The highest BCUT2D eigenvalue weighted by atomic mass is 35.5.